The van der Waals surface area contributed by atoms with E-state index in [-0.39, 0.29) is 11.3 Å². The standard InChI is InChI=1S/C16H15N5O2/c1-9-7-11(10(2)18-9)8-17-20-16(23)14-12-5-3-4-6-13(12)15(22)21-19-14/h3-8,18H,1-2H3,(H,20,23)(H,21,22)/b17-8+. The Morgan fingerprint density at radius 1 is 1.26 bits per heavy atom. The van der Waals surface area contributed by atoms with Crippen molar-refractivity contribution in [3.05, 3.63) is 63.3 Å². The molecule has 0 aliphatic heterocycles. The van der Waals surface area contributed by atoms with Crippen molar-refractivity contribution in [2.75, 3.05) is 0 Å². The van der Waals surface area contributed by atoms with Gasteiger partial charge in [-0.15, -0.1) is 0 Å². The highest BCUT2D eigenvalue weighted by molar-refractivity contribution is 6.04. The number of nitrogens with zero attached hydrogens (tertiary/aromatic N) is 2. The van der Waals surface area contributed by atoms with Crippen molar-refractivity contribution < 1.29 is 4.79 Å². The maximum absolute atomic E-state index is 12.2. The Morgan fingerprint density at radius 2 is 2.00 bits per heavy atom. The summed E-state index contributed by atoms with van der Waals surface area (Å²) in [6.07, 6.45) is 1.56. The molecule has 2 aromatic heterocycles. The summed E-state index contributed by atoms with van der Waals surface area (Å²) in [6, 6.07) is 8.72. The molecule has 0 bridgehead atoms. The van der Waals surface area contributed by atoms with Crippen LogP contribution < -0.4 is 11.0 Å². The number of benzene rings is 1. The maximum atomic E-state index is 12.2. The number of aromatic amines is 2. The number of aryl methyl sites for hydroxylation is 2. The normalized spacial score (nSPS) is 11.2. The van der Waals surface area contributed by atoms with E-state index in [0.29, 0.717) is 10.8 Å². The molecular formula is C16H15N5O2. The molecule has 3 aromatic rings. The third kappa shape index (κ3) is 2.89. The van der Waals surface area contributed by atoms with Crippen molar-refractivity contribution in [3.8, 4) is 0 Å². The zero-order valence-electron chi connectivity index (χ0n) is 12.7. The Labute approximate surface area is 131 Å². The molecule has 0 unspecified atom stereocenters. The van der Waals surface area contributed by atoms with Crippen molar-refractivity contribution in [2.24, 2.45) is 5.10 Å². The first kappa shape index (κ1) is 14.7. The molecular weight excluding hydrogens is 294 g/mol. The van der Waals surface area contributed by atoms with Gasteiger partial charge in [0.25, 0.3) is 11.5 Å². The van der Waals surface area contributed by atoms with Crippen molar-refractivity contribution >= 4 is 22.9 Å². The van der Waals surface area contributed by atoms with E-state index in [2.05, 4.69) is 25.7 Å². The summed E-state index contributed by atoms with van der Waals surface area (Å²) in [5.41, 5.74) is 5.09. The number of hydrogen-bond donors (Lipinski definition) is 3. The lowest BCUT2D eigenvalue weighted by Crippen LogP contribution is -2.22. The second kappa shape index (κ2) is 5.88. The fraction of sp³-hybridized carbons (Fsp3) is 0.125. The molecule has 7 heteroatoms. The van der Waals surface area contributed by atoms with E-state index in [0.717, 1.165) is 17.0 Å². The van der Waals surface area contributed by atoms with Gasteiger partial charge in [0, 0.05) is 22.3 Å². The van der Waals surface area contributed by atoms with Gasteiger partial charge in [-0.3, -0.25) is 9.59 Å². The van der Waals surface area contributed by atoms with Crippen LogP contribution in [0.25, 0.3) is 10.8 Å². The molecule has 0 atom stereocenters. The van der Waals surface area contributed by atoms with E-state index in [4.69, 9.17) is 0 Å². The fourth-order valence-corrected chi connectivity index (χ4v) is 2.38. The van der Waals surface area contributed by atoms with E-state index in [1.165, 1.54) is 0 Å². The highest BCUT2D eigenvalue weighted by atomic mass is 16.2. The number of carbonyl (C=O) groups excluding carboxylic acids is 1. The molecule has 23 heavy (non-hydrogen) atoms. The molecule has 3 N–H and O–H groups in total. The van der Waals surface area contributed by atoms with E-state index in [9.17, 15) is 9.59 Å². The van der Waals surface area contributed by atoms with Crippen LogP contribution in [-0.2, 0) is 0 Å². The van der Waals surface area contributed by atoms with Gasteiger partial charge in [0.1, 0.15) is 0 Å². The average Bonchev–Trinajstić information content (AvgIpc) is 2.85. The van der Waals surface area contributed by atoms with E-state index >= 15 is 0 Å². The Morgan fingerprint density at radius 3 is 2.70 bits per heavy atom. The Balaban J connectivity index is 1.86. The molecule has 3 rings (SSSR count). The summed E-state index contributed by atoms with van der Waals surface area (Å²) >= 11 is 0. The maximum Gasteiger partial charge on any atom is 0.292 e. The first-order chi connectivity index (χ1) is 11.1. The minimum absolute atomic E-state index is 0.124. The minimum Gasteiger partial charge on any atom is -0.362 e. The topological polar surface area (TPSA) is 103 Å². The molecule has 0 aliphatic rings. The molecule has 116 valence electrons. The van der Waals surface area contributed by atoms with Crippen molar-refractivity contribution in [2.45, 2.75) is 13.8 Å². The monoisotopic (exact) mass is 309 g/mol. The lowest BCUT2D eigenvalue weighted by Gasteiger charge is -2.02. The molecule has 0 aliphatic carbocycles. The van der Waals surface area contributed by atoms with Crippen LogP contribution in [0.3, 0.4) is 0 Å². The second-order valence-corrected chi connectivity index (χ2v) is 5.18. The summed E-state index contributed by atoms with van der Waals surface area (Å²) in [5, 5.41) is 11.0. The van der Waals surface area contributed by atoms with Gasteiger partial charge in [0.2, 0.25) is 0 Å². The van der Waals surface area contributed by atoms with Gasteiger partial charge >= 0.3 is 0 Å². The third-order valence-electron chi connectivity index (χ3n) is 3.47. The number of amides is 1. The molecule has 1 aromatic carbocycles. The summed E-state index contributed by atoms with van der Waals surface area (Å²) in [7, 11) is 0. The number of hydrazone groups is 1. The van der Waals surface area contributed by atoms with Gasteiger partial charge in [-0.25, -0.2) is 10.5 Å². The van der Waals surface area contributed by atoms with Gasteiger partial charge in [0.15, 0.2) is 5.69 Å². The first-order valence-electron chi connectivity index (χ1n) is 7.03. The van der Waals surface area contributed by atoms with Crippen LogP contribution in [0.5, 0.6) is 0 Å². The summed E-state index contributed by atoms with van der Waals surface area (Å²) in [4.78, 5) is 27.1. The number of carbonyl (C=O) groups is 1. The second-order valence-electron chi connectivity index (χ2n) is 5.18. The third-order valence-corrected chi connectivity index (χ3v) is 3.47. The smallest absolute Gasteiger partial charge is 0.292 e. The molecule has 0 radical (unpaired) electrons. The Bertz CT molecular complexity index is 968. The minimum atomic E-state index is -0.487. The van der Waals surface area contributed by atoms with Crippen LogP contribution in [0.15, 0.2) is 40.2 Å². The van der Waals surface area contributed by atoms with Crippen LogP contribution in [0.2, 0.25) is 0 Å². The van der Waals surface area contributed by atoms with Gasteiger partial charge in [-0.2, -0.15) is 10.2 Å². The molecule has 0 fully saturated rings. The number of H-pyrrole nitrogens is 2. The number of nitrogens with one attached hydrogen (secondary N) is 3. The van der Waals surface area contributed by atoms with E-state index in [1.807, 2.05) is 19.9 Å². The number of fused-ring (bicyclic) bond motifs is 1. The highest BCUT2D eigenvalue weighted by Crippen LogP contribution is 2.12. The Kier molecular flexibility index (Phi) is 3.76. The van der Waals surface area contributed by atoms with Crippen LogP contribution in [0, 0.1) is 13.8 Å². The van der Waals surface area contributed by atoms with Crippen LogP contribution in [0.1, 0.15) is 27.4 Å². The molecule has 0 spiro atoms. The van der Waals surface area contributed by atoms with E-state index < -0.39 is 5.91 Å². The fourth-order valence-electron chi connectivity index (χ4n) is 2.38. The average molecular weight is 309 g/mol. The molecule has 0 saturated carbocycles. The van der Waals surface area contributed by atoms with Crippen LogP contribution in [0.4, 0.5) is 0 Å². The highest BCUT2D eigenvalue weighted by Gasteiger charge is 2.13. The lowest BCUT2D eigenvalue weighted by molar-refractivity contribution is 0.0951. The zero-order chi connectivity index (χ0) is 16.4. The number of hydrogen-bond acceptors (Lipinski definition) is 4. The largest absolute Gasteiger partial charge is 0.362 e. The van der Waals surface area contributed by atoms with Gasteiger partial charge in [-0.05, 0) is 26.0 Å². The molecule has 0 saturated heterocycles. The van der Waals surface area contributed by atoms with E-state index in [1.54, 1.807) is 30.5 Å². The summed E-state index contributed by atoms with van der Waals surface area (Å²) in [6.45, 7) is 3.87. The van der Waals surface area contributed by atoms with Gasteiger partial charge in [0.05, 0.1) is 11.6 Å². The SMILES string of the molecule is Cc1cc(/C=N/NC(=O)c2n[nH]c(=O)c3ccccc23)c(C)[nH]1. The van der Waals surface area contributed by atoms with Crippen molar-refractivity contribution in [3.63, 3.8) is 0 Å². The number of aromatic nitrogens is 3. The zero-order valence-corrected chi connectivity index (χ0v) is 12.7. The molecule has 7 nitrogen and oxygen atoms in total. The molecule has 2 heterocycles. The molecule has 1 amide bonds. The van der Waals surface area contributed by atoms with Gasteiger partial charge < -0.3 is 4.98 Å². The van der Waals surface area contributed by atoms with Crippen molar-refractivity contribution in [1.29, 1.82) is 0 Å². The number of rotatable bonds is 3. The first-order valence-corrected chi connectivity index (χ1v) is 7.03. The predicted molar refractivity (Wildman–Crippen MR) is 87.7 cm³/mol. The van der Waals surface area contributed by atoms with Crippen LogP contribution >= 0.6 is 0 Å². The van der Waals surface area contributed by atoms with Crippen LogP contribution in [-0.4, -0.2) is 27.3 Å². The van der Waals surface area contributed by atoms with Gasteiger partial charge in [-0.1, -0.05) is 18.2 Å². The quantitative estimate of drug-likeness (QED) is 0.506. The Hall–Kier alpha value is -3.22. The predicted octanol–water partition coefficient (Wildman–Crippen LogP) is 1.63. The van der Waals surface area contributed by atoms with Crippen molar-refractivity contribution in [1.82, 2.24) is 20.6 Å². The lowest BCUT2D eigenvalue weighted by atomic mass is 10.1. The summed E-state index contributed by atoms with van der Waals surface area (Å²) < 4.78 is 0. The summed E-state index contributed by atoms with van der Waals surface area (Å²) in [5.74, 6) is -0.487.